The smallest absolute Gasteiger partial charge is 0.303 e. The normalized spacial score (nSPS) is 29.8. The van der Waals surface area contributed by atoms with Crippen LogP contribution in [0.1, 0.15) is 58.3 Å². The molecule has 0 aromatic heterocycles. The average molecular weight is 531 g/mol. The van der Waals surface area contributed by atoms with Gasteiger partial charge in [-0.05, 0) is 116 Å². The number of carbonyl (C=O) groups is 2. The van der Waals surface area contributed by atoms with Gasteiger partial charge in [0.15, 0.2) is 0 Å². The molecule has 0 radical (unpaired) electrons. The number of carbonyl (C=O) groups excluding carboxylic acids is 2. The molecule has 6 heteroatoms. The van der Waals surface area contributed by atoms with E-state index < -0.39 is 17.4 Å². The maximum atomic E-state index is 14.2. The summed E-state index contributed by atoms with van der Waals surface area (Å²) in [6.07, 6.45) is 14.8. The van der Waals surface area contributed by atoms with Gasteiger partial charge >= 0.3 is 5.91 Å². The first-order valence-corrected chi connectivity index (χ1v) is 14.3. The van der Waals surface area contributed by atoms with Crippen molar-refractivity contribution in [3.05, 3.63) is 53.6 Å². The van der Waals surface area contributed by atoms with Gasteiger partial charge in [-0.1, -0.05) is 36.7 Å². The molecule has 2 aromatic rings. The summed E-state index contributed by atoms with van der Waals surface area (Å²) in [7, 11) is 0. The zero-order valence-electron chi connectivity index (χ0n) is 21.9. The molecule has 0 bridgehead atoms. The van der Waals surface area contributed by atoms with Crippen LogP contribution in [0, 0.1) is 40.9 Å². The summed E-state index contributed by atoms with van der Waals surface area (Å²) in [5.74, 6) is 4.19. The number of terminal acetylenes is 1. The zero-order valence-corrected chi connectivity index (χ0v) is 22.7. The van der Waals surface area contributed by atoms with Crippen LogP contribution < -0.4 is 15.0 Å². The first kappa shape index (κ1) is 25.3. The molecule has 0 heterocycles. The lowest BCUT2D eigenvalue weighted by Gasteiger charge is -2.49. The number of hydrogen-bond acceptors (Lipinski definition) is 3. The SMILES string of the molecule is C#CC(=O)N(c1ccc(OCC2CC2)c(Cl)c1)C(C(=O)Nc1ccccc1)C1(C)CCC2CCC3CC23C1. The molecule has 1 N–H and O–H groups in total. The van der Waals surface area contributed by atoms with Crippen LogP contribution in [-0.4, -0.2) is 24.5 Å². The van der Waals surface area contributed by atoms with Crippen molar-refractivity contribution in [2.45, 2.75) is 64.3 Å². The van der Waals surface area contributed by atoms with E-state index in [2.05, 4.69) is 18.2 Å². The number of rotatable bonds is 8. The van der Waals surface area contributed by atoms with Gasteiger partial charge < -0.3 is 10.1 Å². The minimum Gasteiger partial charge on any atom is -0.492 e. The van der Waals surface area contributed by atoms with Crippen molar-refractivity contribution in [2.75, 3.05) is 16.8 Å². The number of anilines is 2. The Bertz CT molecular complexity index is 1290. The van der Waals surface area contributed by atoms with Gasteiger partial charge in [-0.25, -0.2) is 0 Å². The molecule has 2 aromatic carbocycles. The highest BCUT2D eigenvalue weighted by atomic mass is 35.5. The van der Waals surface area contributed by atoms with Crippen LogP contribution in [0.3, 0.4) is 0 Å². The lowest BCUT2D eigenvalue weighted by atomic mass is 9.61. The van der Waals surface area contributed by atoms with E-state index in [1.165, 1.54) is 37.0 Å². The molecule has 4 aliphatic carbocycles. The van der Waals surface area contributed by atoms with Crippen molar-refractivity contribution in [1.82, 2.24) is 0 Å². The highest BCUT2D eigenvalue weighted by Crippen LogP contribution is 2.74. The van der Waals surface area contributed by atoms with Gasteiger partial charge in [0, 0.05) is 11.4 Å². The van der Waals surface area contributed by atoms with Crippen LogP contribution in [0.25, 0.3) is 0 Å². The van der Waals surface area contributed by atoms with Crippen LogP contribution in [0.2, 0.25) is 5.02 Å². The van der Waals surface area contributed by atoms with Crippen LogP contribution in [0.5, 0.6) is 5.75 Å². The van der Waals surface area contributed by atoms with Gasteiger partial charge in [-0.2, -0.15) is 0 Å². The minimum atomic E-state index is -0.780. The van der Waals surface area contributed by atoms with E-state index in [0.717, 1.165) is 31.1 Å². The molecule has 5 unspecified atom stereocenters. The maximum Gasteiger partial charge on any atom is 0.303 e. The molecule has 1 spiro atoms. The molecule has 2 amide bonds. The molecule has 5 nitrogen and oxygen atoms in total. The predicted octanol–water partition coefficient (Wildman–Crippen LogP) is 6.71. The largest absolute Gasteiger partial charge is 0.492 e. The third-order valence-corrected chi connectivity index (χ3v) is 9.96. The molecule has 4 aliphatic rings. The number of halogens is 1. The van der Waals surface area contributed by atoms with Crippen LogP contribution in [-0.2, 0) is 9.59 Å². The number of nitrogens with zero attached hydrogens (tertiary/aromatic N) is 1. The van der Waals surface area contributed by atoms with Crippen molar-refractivity contribution in [3.8, 4) is 18.1 Å². The Hall–Kier alpha value is -2.97. The summed E-state index contributed by atoms with van der Waals surface area (Å²) in [6.45, 7) is 2.81. The lowest BCUT2D eigenvalue weighted by molar-refractivity contribution is -0.125. The quantitative estimate of drug-likeness (QED) is 0.386. The molecular weight excluding hydrogens is 496 g/mol. The van der Waals surface area contributed by atoms with Crippen molar-refractivity contribution in [1.29, 1.82) is 0 Å². The Morgan fingerprint density at radius 2 is 1.89 bits per heavy atom. The monoisotopic (exact) mass is 530 g/mol. The van der Waals surface area contributed by atoms with E-state index in [9.17, 15) is 9.59 Å². The minimum absolute atomic E-state index is 0.225. The number of benzene rings is 2. The van der Waals surface area contributed by atoms with E-state index in [1.54, 1.807) is 18.2 Å². The molecule has 5 atom stereocenters. The molecule has 0 saturated heterocycles. The lowest BCUT2D eigenvalue weighted by Crippen LogP contribution is -2.58. The fourth-order valence-corrected chi connectivity index (χ4v) is 7.76. The third kappa shape index (κ3) is 4.58. The summed E-state index contributed by atoms with van der Waals surface area (Å²) in [4.78, 5) is 29.1. The van der Waals surface area contributed by atoms with Crippen molar-refractivity contribution >= 4 is 34.8 Å². The zero-order chi connectivity index (χ0) is 26.5. The standard InChI is InChI=1S/C32H35ClN2O3/c1-3-28(36)35(25-13-14-27(26(33)17-25)38-19-21-9-10-21)29(30(37)34-24-7-5-4-6-8-24)31(2)16-15-22-11-12-23-18-32(22,23)20-31/h1,4-8,13-14,17,21-23,29H,9-12,15-16,18-20H2,2H3,(H,34,37). The molecular formula is C32H35ClN2O3. The molecule has 4 fully saturated rings. The fraction of sp³-hybridized carbons (Fsp3) is 0.500. The molecule has 38 heavy (non-hydrogen) atoms. The average Bonchev–Trinajstić information content (AvgIpc) is 3.83. The Morgan fingerprint density at radius 3 is 2.58 bits per heavy atom. The summed E-state index contributed by atoms with van der Waals surface area (Å²) in [6, 6.07) is 13.9. The second kappa shape index (κ2) is 9.65. The molecule has 4 saturated carbocycles. The van der Waals surface area contributed by atoms with E-state index in [-0.39, 0.29) is 5.91 Å². The summed E-state index contributed by atoms with van der Waals surface area (Å²) in [5.41, 5.74) is 1.08. The Kier molecular flexibility index (Phi) is 6.43. The number of ether oxygens (including phenoxy) is 1. The predicted molar refractivity (Wildman–Crippen MR) is 150 cm³/mol. The highest BCUT2D eigenvalue weighted by Gasteiger charge is 2.67. The van der Waals surface area contributed by atoms with Gasteiger partial charge in [-0.15, -0.1) is 6.42 Å². The van der Waals surface area contributed by atoms with E-state index in [1.807, 2.05) is 30.3 Å². The van der Waals surface area contributed by atoms with Gasteiger partial charge in [-0.3, -0.25) is 14.5 Å². The summed E-state index contributed by atoms with van der Waals surface area (Å²) in [5, 5.41) is 3.49. The molecule has 198 valence electrons. The Labute approximate surface area is 230 Å². The first-order valence-electron chi connectivity index (χ1n) is 13.9. The molecule has 0 aliphatic heterocycles. The van der Waals surface area contributed by atoms with Crippen molar-refractivity contribution in [3.63, 3.8) is 0 Å². The van der Waals surface area contributed by atoms with Gasteiger partial charge in [0.05, 0.1) is 11.6 Å². The maximum absolute atomic E-state index is 14.2. The highest BCUT2D eigenvalue weighted by molar-refractivity contribution is 6.32. The number of amides is 2. The fourth-order valence-electron chi connectivity index (χ4n) is 7.53. The van der Waals surface area contributed by atoms with Crippen LogP contribution in [0.15, 0.2) is 48.5 Å². The second-order valence-corrected chi connectivity index (χ2v) is 12.6. The number of nitrogens with one attached hydrogen (secondary N) is 1. The van der Waals surface area contributed by atoms with E-state index in [0.29, 0.717) is 40.1 Å². The van der Waals surface area contributed by atoms with E-state index >= 15 is 0 Å². The van der Waals surface area contributed by atoms with Crippen LogP contribution in [0.4, 0.5) is 11.4 Å². The van der Waals surface area contributed by atoms with Gasteiger partial charge in [0.25, 0.3) is 0 Å². The van der Waals surface area contributed by atoms with Gasteiger partial charge in [0.2, 0.25) is 5.91 Å². The summed E-state index contributed by atoms with van der Waals surface area (Å²) >= 11 is 6.65. The van der Waals surface area contributed by atoms with Crippen molar-refractivity contribution in [2.24, 2.45) is 28.6 Å². The third-order valence-electron chi connectivity index (χ3n) is 9.67. The van der Waals surface area contributed by atoms with Gasteiger partial charge in [0.1, 0.15) is 11.8 Å². The topological polar surface area (TPSA) is 58.6 Å². The molecule has 6 rings (SSSR count). The second-order valence-electron chi connectivity index (χ2n) is 12.2. The summed E-state index contributed by atoms with van der Waals surface area (Å²) < 4.78 is 5.92. The van der Waals surface area contributed by atoms with E-state index in [4.69, 9.17) is 22.8 Å². The number of para-hydroxylation sites is 1. The Morgan fingerprint density at radius 1 is 1.13 bits per heavy atom. The van der Waals surface area contributed by atoms with Crippen LogP contribution >= 0.6 is 11.6 Å². The Balaban J connectivity index is 1.37. The number of hydrogen-bond donors (Lipinski definition) is 1. The first-order chi connectivity index (χ1) is 18.3. The van der Waals surface area contributed by atoms with Crippen molar-refractivity contribution < 1.29 is 14.3 Å².